The summed E-state index contributed by atoms with van der Waals surface area (Å²) in [6, 6.07) is 2.09. The molecule has 1 amide bonds. The molecule has 0 unspecified atom stereocenters. The highest BCUT2D eigenvalue weighted by Crippen LogP contribution is 2.34. The number of carbonyl (C=O) groups excluding carboxylic acids is 1. The first-order valence-corrected chi connectivity index (χ1v) is 13.4. The number of halogens is 1. The van der Waals surface area contributed by atoms with Crippen LogP contribution in [0, 0.1) is 13.8 Å². The minimum atomic E-state index is -0.119. The molecule has 11 heteroatoms. The first-order chi connectivity index (χ1) is 18.0. The van der Waals surface area contributed by atoms with E-state index in [2.05, 4.69) is 32.4 Å². The Kier molecular flexibility index (Phi) is 7.54. The van der Waals surface area contributed by atoms with Crippen LogP contribution in [0.5, 0.6) is 0 Å². The second kappa shape index (κ2) is 10.9. The maximum absolute atomic E-state index is 13.9. The highest BCUT2D eigenvalue weighted by atomic mass is 35.5. The predicted molar refractivity (Wildman–Crippen MR) is 152 cm³/mol. The number of anilines is 4. The third-order valence-corrected chi connectivity index (χ3v) is 7.99. The summed E-state index contributed by atoms with van der Waals surface area (Å²) in [5, 5.41) is 7.45. The van der Waals surface area contributed by atoms with Crippen LogP contribution in [-0.4, -0.2) is 58.1 Å². The van der Waals surface area contributed by atoms with Gasteiger partial charge < -0.3 is 20.4 Å². The number of rotatable bonds is 5. The molecule has 1 saturated carbocycles. The lowest BCUT2D eigenvalue weighted by Gasteiger charge is -2.30. The van der Waals surface area contributed by atoms with E-state index in [4.69, 9.17) is 4.98 Å². The molecular formula is C27H35ClN8O2. The molecule has 0 radical (unpaired) electrons. The zero-order valence-corrected chi connectivity index (χ0v) is 22.8. The topological polar surface area (TPSA) is 108 Å². The summed E-state index contributed by atoms with van der Waals surface area (Å²) in [6.07, 6.45) is 8.99. The molecule has 1 aliphatic carbocycles. The van der Waals surface area contributed by atoms with Gasteiger partial charge in [-0.1, -0.05) is 12.8 Å². The molecule has 3 aliphatic rings. The van der Waals surface area contributed by atoms with E-state index in [9.17, 15) is 9.59 Å². The average Bonchev–Trinajstić information content (AvgIpc) is 3.57. The Morgan fingerprint density at radius 3 is 2.45 bits per heavy atom. The van der Waals surface area contributed by atoms with Crippen molar-refractivity contribution in [2.24, 2.45) is 0 Å². The maximum Gasteiger partial charge on any atom is 0.276 e. The van der Waals surface area contributed by atoms with Crippen molar-refractivity contribution in [1.29, 1.82) is 0 Å². The van der Waals surface area contributed by atoms with Gasteiger partial charge >= 0.3 is 0 Å². The van der Waals surface area contributed by atoms with E-state index in [-0.39, 0.29) is 29.9 Å². The van der Waals surface area contributed by atoms with Crippen LogP contribution in [0.25, 0.3) is 11.0 Å². The van der Waals surface area contributed by atoms with Crippen LogP contribution in [-0.2, 0) is 4.79 Å². The molecular weight excluding hydrogens is 504 g/mol. The lowest BCUT2D eigenvalue weighted by atomic mass is 10.1. The van der Waals surface area contributed by atoms with Crippen molar-refractivity contribution < 1.29 is 4.79 Å². The highest BCUT2D eigenvalue weighted by molar-refractivity contribution is 5.98. The summed E-state index contributed by atoms with van der Waals surface area (Å²) < 4.78 is 1.83. The van der Waals surface area contributed by atoms with Crippen molar-refractivity contribution in [1.82, 2.24) is 24.8 Å². The summed E-state index contributed by atoms with van der Waals surface area (Å²) >= 11 is 0. The Labute approximate surface area is 228 Å². The van der Waals surface area contributed by atoms with Gasteiger partial charge in [-0.15, -0.1) is 12.4 Å². The fourth-order valence-electron chi connectivity index (χ4n) is 6.05. The molecule has 10 nitrogen and oxygen atoms in total. The van der Waals surface area contributed by atoms with Crippen LogP contribution >= 0.6 is 12.4 Å². The zero-order valence-electron chi connectivity index (χ0n) is 22.0. The van der Waals surface area contributed by atoms with E-state index < -0.39 is 0 Å². The molecule has 0 spiro atoms. The standard InChI is InChI=1S/C27H34N8O2.ClH/c1-17-14-22(29-16-21(17)33-12-9-28-10-13-33)31-27-30-15-20-18(2)24(34-11-5-8-23(34)36)26(37)35(25(20)32-27)19-6-3-4-7-19;/h14-16,19,28H,3-13H2,1-2H3,(H,29,30,31,32);1H. The molecule has 0 aromatic carbocycles. The molecule has 0 bridgehead atoms. The van der Waals surface area contributed by atoms with E-state index >= 15 is 0 Å². The number of hydrogen-bond acceptors (Lipinski definition) is 8. The SMILES string of the molecule is Cc1cc(Nc2ncc3c(C)c(N4CCCC4=O)c(=O)n(C4CCCC4)c3n2)ncc1N1CCNCC1.Cl. The molecule has 3 aromatic heterocycles. The van der Waals surface area contributed by atoms with E-state index in [0.717, 1.165) is 80.5 Å². The van der Waals surface area contributed by atoms with Gasteiger partial charge in [0, 0.05) is 56.8 Å². The van der Waals surface area contributed by atoms with Gasteiger partial charge in [-0.05, 0) is 50.3 Å². The minimum Gasteiger partial charge on any atom is -0.368 e. The van der Waals surface area contributed by atoms with Crippen LogP contribution < -0.4 is 26.0 Å². The smallest absolute Gasteiger partial charge is 0.276 e. The Hall–Kier alpha value is -3.24. The largest absolute Gasteiger partial charge is 0.368 e. The number of amides is 1. The van der Waals surface area contributed by atoms with Crippen molar-refractivity contribution in [2.75, 3.05) is 47.8 Å². The first kappa shape index (κ1) is 26.4. The third-order valence-electron chi connectivity index (χ3n) is 7.99. The molecule has 3 aromatic rings. The number of carbonyl (C=O) groups is 1. The average molecular weight is 539 g/mol. The summed E-state index contributed by atoms with van der Waals surface area (Å²) in [7, 11) is 0. The zero-order chi connectivity index (χ0) is 25.5. The number of nitrogens with zero attached hydrogens (tertiary/aromatic N) is 6. The first-order valence-electron chi connectivity index (χ1n) is 13.4. The number of aromatic nitrogens is 4. The van der Waals surface area contributed by atoms with Crippen molar-refractivity contribution in [2.45, 2.75) is 58.4 Å². The van der Waals surface area contributed by atoms with Gasteiger partial charge in [0.05, 0.1) is 11.9 Å². The highest BCUT2D eigenvalue weighted by Gasteiger charge is 2.31. The Bertz CT molecular complexity index is 1410. The normalized spacial score (nSPS) is 18.3. The van der Waals surface area contributed by atoms with Gasteiger partial charge in [0.25, 0.3) is 5.56 Å². The van der Waals surface area contributed by atoms with Gasteiger partial charge in [-0.3, -0.25) is 14.2 Å². The van der Waals surface area contributed by atoms with Crippen molar-refractivity contribution in [3.63, 3.8) is 0 Å². The van der Waals surface area contributed by atoms with Crippen LogP contribution in [0.3, 0.4) is 0 Å². The van der Waals surface area contributed by atoms with Crippen molar-refractivity contribution in [3.05, 3.63) is 39.9 Å². The summed E-state index contributed by atoms with van der Waals surface area (Å²) in [6.45, 7) is 8.45. The van der Waals surface area contributed by atoms with E-state index in [1.807, 2.05) is 23.8 Å². The Morgan fingerprint density at radius 1 is 1.00 bits per heavy atom. The maximum atomic E-state index is 13.9. The molecule has 38 heavy (non-hydrogen) atoms. The predicted octanol–water partition coefficient (Wildman–Crippen LogP) is 3.62. The van der Waals surface area contributed by atoms with Gasteiger partial charge in [0.2, 0.25) is 11.9 Å². The molecule has 2 N–H and O–H groups in total. The summed E-state index contributed by atoms with van der Waals surface area (Å²) in [5.74, 6) is 1.09. The molecule has 5 heterocycles. The number of hydrogen-bond donors (Lipinski definition) is 2. The number of nitrogens with one attached hydrogen (secondary N) is 2. The van der Waals surface area contributed by atoms with Crippen molar-refractivity contribution >= 4 is 52.5 Å². The number of aryl methyl sites for hydroxylation is 2. The monoisotopic (exact) mass is 538 g/mol. The molecule has 0 atom stereocenters. The van der Waals surface area contributed by atoms with E-state index in [0.29, 0.717) is 36.1 Å². The van der Waals surface area contributed by atoms with Gasteiger partial charge in [0.15, 0.2) is 0 Å². The fourth-order valence-corrected chi connectivity index (χ4v) is 6.05. The second-order valence-corrected chi connectivity index (χ2v) is 10.4. The van der Waals surface area contributed by atoms with Crippen LogP contribution in [0.4, 0.5) is 23.1 Å². The third kappa shape index (κ3) is 4.71. The minimum absolute atomic E-state index is 0. The quantitative estimate of drug-likeness (QED) is 0.507. The van der Waals surface area contributed by atoms with Crippen LogP contribution in [0.1, 0.15) is 55.7 Å². The Balaban J connectivity index is 0.00000294. The summed E-state index contributed by atoms with van der Waals surface area (Å²) in [5.41, 5.74) is 4.04. The number of fused-ring (bicyclic) bond motifs is 1. The van der Waals surface area contributed by atoms with Crippen molar-refractivity contribution in [3.8, 4) is 0 Å². The number of pyridine rings is 2. The molecule has 3 fully saturated rings. The van der Waals surface area contributed by atoms with Gasteiger partial charge in [-0.25, -0.2) is 9.97 Å². The van der Waals surface area contributed by atoms with Crippen LogP contribution in [0.2, 0.25) is 0 Å². The second-order valence-electron chi connectivity index (χ2n) is 10.4. The molecule has 2 saturated heterocycles. The number of piperazine rings is 1. The lowest BCUT2D eigenvalue weighted by molar-refractivity contribution is -0.117. The van der Waals surface area contributed by atoms with Gasteiger partial charge in [0.1, 0.15) is 17.2 Å². The van der Waals surface area contributed by atoms with Crippen LogP contribution in [0.15, 0.2) is 23.3 Å². The lowest BCUT2D eigenvalue weighted by Crippen LogP contribution is -2.43. The molecule has 6 rings (SSSR count). The van der Waals surface area contributed by atoms with E-state index in [1.54, 1.807) is 11.1 Å². The summed E-state index contributed by atoms with van der Waals surface area (Å²) in [4.78, 5) is 44.6. The molecule has 2 aliphatic heterocycles. The Morgan fingerprint density at radius 2 is 1.76 bits per heavy atom. The fraction of sp³-hybridized carbons (Fsp3) is 0.519. The molecule has 202 valence electrons. The van der Waals surface area contributed by atoms with Gasteiger partial charge in [-0.2, -0.15) is 4.98 Å². The van der Waals surface area contributed by atoms with E-state index in [1.165, 1.54) is 0 Å².